The second kappa shape index (κ2) is 6.03. The van der Waals surface area contributed by atoms with Crippen LogP contribution in [0.5, 0.6) is 5.75 Å². The van der Waals surface area contributed by atoms with Crippen molar-refractivity contribution < 1.29 is 14.6 Å². The predicted molar refractivity (Wildman–Crippen MR) is 84.1 cm³/mol. The van der Waals surface area contributed by atoms with Gasteiger partial charge in [-0.2, -0.15) is 0 Å². The quantitative estimate of drug-likeness (QED) is 0.916. The summed E-state index contributed by atoms with van der Waals surface area (Å²) in [5.41, 5.74) is 0. The molecule has 1 amide bonds. The van der Waals surface area contributed by atoms with Gasteiger partial charge in [-0.05, 0) is 55.3 Å². The first-order chi connectivity index (χ1) is 10.2. The third kappa shape index (κ3) is 3.19. The number of ether oxygens (including phenoxy) is 1. The summed E-state index contributed by atoms with van der Waals surface area (Å²) in [6.45, 7) is 0. The van der Waals surface area contributed by atoms with E-state index in [9.17, 15) is 9.90 Å². The number of carbonyl (C=O) groups excluding carboxylic acids is 1. The maximum atomic E-state index is 12.3. The van der Waals surface area contributed by atoms with E-state index in [0.29, 0.717) is 0 Å². The van der Waals surface area contributed by atoms with Crippen molar-refractivity contribution in [2.24, 2.45) is 0 Å². The Kier molecular flexibility index (Phi) is 4.12. The summed E-state index contributed by atoms with van der Waals surface area (Å²) >= 11 is 1.48. The lowest BCUT2D eigenvalue weighted by Gasteiger charge is -2.25. The van der Waals surface area contributed by atoms with Crippen molar-refractivity contribution in [3.8, 4) is 5.75 Å². The van der Waals surface area contributed by atoms with Crippen LogP contribution in [0.2, 0.25) is 0 Å². The van der Waals surface area contributed by atoms with E-state index in [1.807, 2.05) is 24.3 Å². The van der Waals surface area contributed by atoms with Gasteiger partial charge in [0.15, 0.2) is 0 Å². The van der Waals surface area contributed by atoms with Crippen molar-refractivity contribution >= 4 is 27.3 Å². The van der Waals surface area contributed by atoms with Crippen molar-refractivity contribution in [2.75, 3.05) is 7.11 Å². The van der Waals surface area contributed by atoms with Crippen LogP contribution in [0.3, 0.4) is 0 Å². The third-order valence-corrected chi connectivity index (χ3v) is 5.08. The van der Waals surface area contributed by atoms with Crippen molar-refractivity contribution in [1.82, 2.24) is 5.32 Å². The summed E-state index contributed by atoms with van der Waals surface area (Å²) in [6, 6.07) is 7.93. The second-order valence-corrected chi connectivity index (χ2v) is 6.58. The first kappa shape index (κ1) is 14.4. The Labute approximate surface area is 127 Å². The molecule has 0 unspecified atom stereocenters. The Balaban J connectivity index is 1.72. The number of thiophene rings is 1. The molecule has 1 aliphatic rings. The number of rotatable bonds is 3. The van der Waals surface area contributed by atoms with E-state index in [1.165, 1.54) is 11.3 Å². The molecule has 1 fully saturated rings. The molecule has 2 N–H and O–H groups in total. The predicted octanol–water partition coefficient (Wildman–Crippen LogP) is 2.94. The van der Waals surface area contributed by atoms with Gasteiger partial charge in [-0.3, -0.25) is 4.79 Å². The van der Waals surface area contributed by atoms with Crippen molar-refractivity contribution in [1.29, 1.82) is 0 Å². The average molecular weight is 305 g/mol. The summed E-state index contributed by atoms with van der Waals surface area (Å²) in [5, 5.41) is 13.6. The fourth-order valence-electron chi connectivity index (χ4n) is 2.73. The monoisotopic (exact) mass is 305 g/mol. The smallest absolute Gasteiger partial charge is 0.261 e. The molecule has 1 aliphatic carbocycles. The van der Waals surface area contributed by atoms with E-state index < -0.39 is 0 Å². The Hall–Kier alpha value is -1.59. The summed E-state index contributed by atoms with van der Waals surface area (Å²) in [7, 11) is 1.64. The summed E-state index contributed by atoms with van der Waals surface area (Å²) < 4.78 is 6.26. The third-order valence-electron chi connectivity index (χ3n) is 3.98. The number of aliphatic hydroxyl groups is 1. The number of amides is 1. The fraction of sp³-hybridized carbons (Fsp3) is 0.438. The zero-order valence-electron chi connectivity index (χ0n) is 12.0. The van der Waals surface area contributed by atoms with Gasteiger partial charge in [0.1, 0.15) is 5.75 Å². The van der Waals surface area contributed by atoms with E-state index in [4.69, 9.17) is 4.74 Å². The molecule has 4 nitrogen and oxygen atoms in total. The molecule has 21 heavy (non-hydrogen) atoms. The van der Waals surface area contributed by atoms with E-state index in [-0.39, 0.29) is 18.1 Å². The SMILES string of the molecule is COc1ccc2cc(C(=O)NC3CCC(O)CC3)sc2c1. The topological polar surface area (TPSA) is 58.6 Å². The molecule has 112 valence electrons. The van der Waals surface area contributed by atoms with Crippen LogP contribution in [0.1, 0.15) is 35.4 Å². The number of carbonyl (C=O) groups is 1. The minimum absolute atomic E-state index is 0.0171. The lowest BCUT2D eigenvalue weighted by molar-refractivity contribution is 0.0871. The van der Waals surface area contributed by atoms with Crippen molar-refractivity contribution in [2.45, 2.75) is 37.8 Å². The molecule has 0 atom stereocenters. The molecule has 0 radical (unpaired) electrons. The molecule has 0 bridgehead atoms. The Bertz CT molecular complexity index is 644. The highest BCUT2D eigenvalue weighted by Gasteiger charge is 2.22. The first-order valence-corrected chi connectivity index (χ1v) is 8.04. The molecule has 0 saturated heterocycles. The summed E-state index contributed by atoms with van der Waals surface area (Å²) in [5.74, 6) is 0.786. The lowest BCUT2D eigenvalue weighted by Crippen LogP contribution is -2.38. The number of hydrogen-bond donors (Lipinski definition) is 2. The summed E-state index contributed by atoms with van der Waals surface area (Å²) in [4.78, 5) is 13.1. The number of methoxy groups -OCH3 is 1. The van der Waals surface area contributed by atoms with Crippen molar-refractivity contribution in [3.05, 3.63) is 29.1 Å². The van der Waals surface area contributed by atoms with Gasteiger partial charge in [0, 0.05) is 10.7 Å². The van der Waals surface area contributed by atoms with Gasteiger partial charge in [0.25, 0.3) is 5.91 Å². The second-order valence-electron chi connectivity index (χ2n) is 5.49. The molecular weight excluding hydrogens is 286 g/mol. The van der Waals surface area contributed by atoms with Crippen LogP contribution >= 0.6 is 11.3 Å². The highest BCUT2D eigenvalue weighted by molar-refractivity contribution is 7.20. The molecule has 1 aromatic carbocycles. The number of nitrogens with one attached hydrogen (secondary N) is 1. The van der Waals surface area contributed by atoms with Gasteiger partial charge in [-0.15, -0.1) is 11.3 Å². The maximum absolute atomic E-state index is 12.3. The normalized spacial score (nSPS) is 22.2. The van der Waals surface area contributed by atoms with Gasteiger partial charge in [0.2, 0.25) is 0 Å². The molecule has 0 aliphatic heterocycles. The molecule has 0 spiro atoms. The molecular formula is C16H19NO3S. The zero-order chi connectivity index (χ0) is 14.8. The Morgan fingerprint density at radius 2 is 2.05 bits per heavy atom. The van der Waals surface area contributed by atoms with E-state index in [2.05, 4.69) is 5.32 Å². The summed E-state index contributed by atoms with van der Waals surface area (Å²) in [6.07, 6.45) is 3.05. The van der Waals surface area contributed by atoms with Crippen LogP contribution in [0.25, 0.3) is 10.1 Å². The molecule has 1 aromatic heterocycles. The van der Waals surface area contributed by atoms with Gasteiger partial charge < -0.3 is 15.2 Å². The Morgan fingerprint density at radius 1 is 1.29 bits per heavy atom. The highest BCUT2D eigenvalue weighted by Crippen LogP contribution is 2.29. The van der Waals surface area contributed by atoms with Gasteiger partial charge in [-0.1, -0.05) is 0 Å². The van der Waals surface area contributed by atoms with Gasteiger partial charge >= 0.3 is 0 Å². The standard InChI is InChI=1S/C16H19NO3S/c1-20-13-7-2-10-8-15(21-14(10)9-13)16(19)17-11-3-5-12(18)6-4-11/h2,7-9,11-12,18H,3-6H2,1H3,(H,17,19). The molecule has 2 aromatic rings. The van der Waals surface area contributed by atoms with Crippen LogP contribution in [0.4, 0.5) is 0 Å². The maximum Gasteiger partial charge on any atom is 0.261 e. The highest BCUT2D eigenvalue weighted by atomic mass is 32.1. The largest absolute Gasteiger partial charge is 0.497 e. The molecule has 3 rings (SSSR count). The average Bonchev–Trinajstić information content (AvgIpc) is 2.92. The lowest BCUT2D eigenvalue weighted by atomic mass is 9.93. The number of hydrogen-bond acceptors (Lipinski definition) is 4. The van der Waals surface area contributed by atoms with Crippen LogP contribution in [-0.4, -0.2) is 30.3 Å². The zero-order valence-corrected chi connectivity index (χ0v) is 12.8. The first-order valence-electron chi connectivity index (χ1n) is 7.22. The Morgan fingerprint density at radius 3 is 2.76 bits per heavy atom. The minimum atomic E-state index is -0.199. The van der Waals surface area contributed by atoms with Gasteiger partial charge in [0.05, 0.1) is 18.1 Å². The van der Waals surface area contributed by atoms with Crippen LogP contribution < -0.4 is 10.1 Å². The molecule has 1 heterocycles. The fourth-order valence-corrected chi connectivity index (χ4v) is 3.72. The van der Waals surface area contributed by atoms with E-state index in [0.717, 1.165) is 46.4 Å². The number of benzene rings is 1. The van der Waals surface area contributed by atoms with Crippen molar-refractivity contribution in [3.63, 3.8) is 0 Å². The van der Waals surface area contributed by atoms with Gasteiger partial charge in [-0.25, -0.2) is 0 Å². The van der Waals surface area contributed by atoms with E-state index >= 15 is 0 Å². The number of fused-ring (bicyclic) bond motifs is 1. The molecule has 5 heteroatoms. The number of aliphatic hydroxyl groups excluding tert-OH is 1. The minimum Gasteiger partial charge on any atom is -0.497 e. The molecule has 1 saturated carbocycles. The van der Waals surface area contributed by atoms with Crippen LogP contribution in [-0.2, 0) is 0 Å². The van der Waals surface area contributed by atoms with E-state index in [1.54, 1.807) is 7.11 Å². The van der Waals surface area contributed by atoms with Crippen LogP contribution in [0, 0.1) is 0 Å². The van der Waals surface area contributed by atoms with Crippen LogP contribution in [0.15, 0.2) is 24.3 Å².